The highest BCUT2D eigenvalue weighted by Gasteiger charge is 2.35. The molecule has 0 radical (unpaired) electrons. The van der Waals surface area contributed by atoms with Gasteiger partial charge in [0.25, 0.3) is 0 Å². The lowest BCUT2D eigenvalue weighted by molar-refractivity contribution is -0.129. The Balaban J connectivity index is 1.97. The highest BCUT2D eigenvalue weighted by molar-refractivity contribution is 7.88. The van der Waals surface area contributed by atoms with Crippen LogP contribution in [0, 0.1) is 0 Å². The predicted molar refractivity (Wildman–Crippen MR) is 83.3 cm³/mol. The maximum Gasteiger partial charge on any atom is 0.335 e. The molecule has 132 valence electrons. The third-order valence-corrected chi connectivity index (χ3v) is 4.11. The summed E-state index contributed by atoms with van der Waals surface area (Å²) in [6, 6.07) is 5.80. The summed E-state index contributed by atoms with van der Waals surface area (Å²) in [6.45, 7) is -0.316. The highest BCUT2D eigenvalue weighted by Crippen LogP contribution is 2.20. The van der Waals surface area contributed by atoms with Gasteiger partial charge >= 0.3 is 5.97 Å². The zero-order valence-corrected chi connectivity index (χ0v) is 13.7. The van der Waals surface area contributed by atoms with Crippen molar-refractivity contribution < 1.29 is 33.0 Å². The lowest BCUT2D eigenvalue weighted by atomic mass is 10.2. The molecule has 1 heterocycles. The maximum absolute atomic E-state index is 11.9. The van der Waals surface area contributed by atoms with Crippen molar-refractivity contribution in [1.82, 2.24) is 9.62 Å². The highest BCUT2D eigenvalue weighted by atomic mass is 32.2. The predicted octanol–water partition coefficient (Wildman–Crippen LogP) is -1.12. The molecule has 3 N–H and O–H groups in total. The van der Waals surface area contributed by atoms with Crippen molar-refractivity contribution in [2.24, 2.45) is 0 Å². The fourth-order valence-electron chi connectivity index (χ4n) is 2.26. The number of hydrogen-bond acceptors (Lipinski definition) is 6. The van der Waals surface area contributed by atoms with Gasteiger partial charge in [0.2, 0.25) is 15.9 Å². The minimum atomic E-state index is -3.48. The number of carbonyl (C=O) groups is 2. The number of hydrogen-bond donors (Lipinski definition) is 3. The second kappa shape index (κ2) is 7.16. The summed E-state index contributed by atoms with van der Waals surface area (Å²) in [4.78, 5) is 24.2. The smallest absolute Gasteiger partial charge is 0.335 e. The van der Waals surface area contributed by atoms with Crippen molar-refractivity contribution in [2.45, 2.75) is 12.2 Å². The van der Waals surface area contributed by atoms with E-state index in [1.165, 1.54) is 23.1 Å². The van der Waals surface area contributed by atoms with Crippen molar-refractivity contribution in [3.8, 4) is 5.75 Å². The van der Waals surface area contributed by atoms with Crippen LogP contribution in [0.15, 0.2) is 24.3 Å². The van der Waals surface area contributed by atoms with Crippen molar-refractivity contribution in [1.29, 1.82) is 0 Å². The van der Waals surface area contributed by atoms with Crippen LogP contribution < -0.4 is 9.46 Å². The van der Waals surface area contributed by atoms with Crippen LogP contribution in [0.5, 0.6) is 5.75 Å². The van der Waals surface area contributed by atoms with Gasteiger partial charge in [0, 0.05) is 0 Å². The molecule has 0 aromatic heterocycles. The Kier molecular flexibility index (Phi) is 5.42. The molecule has 1 aliphatic rings. The monoisotopic (exact) mass is 358 g/mol. The van der Waals surface area contributed by atoms with Crippen molar-refractivity contribution in [3.05, 3.63) is 29.8 Å². The van der Waals surface area contributed by atoms with Gasteiger partial charge in [0.1, 0.15) is 18.0 Å². The van der Waals surface area contributed by atoms with Crippen LogP contribution in [0.4, 0.5) is 0 Å². The lowest BCUT2D eigenvalue weighted by Gasteiger charge is -2.17. The van der Waals surface area contributed by atoms with Crippen LogP contribution in [0.25, 0.3) is 0 Å². The van der Waals surface area contributed by atoms with Gasteiger partial charge in [0.15, 0.2) is 0 Å². The van der Waals surface area contributed by atoms with E-state index in [0.29, 0.717) is 0 Å². The van der Waals surface area contributed by atoms with Crippen molar-refractivity contribution in [2.75, 3.05) is 25.9 Å². The molecule has 0 aliphatic carbocycles. The van der Waals surface area contributed by atoms with Gasteiger partial charge in [-0.2, -0.15) is 0 Å². The fraction of sp³-hybridized carbons (Fsp3) is 0.429. The molecular weight excluding hydrogens is 340 g/mol. The molecule has 1 amide bonds. The van der Waals surface area contributed by atoms with Crippen LogP contribution in [-0.4, -0.2) is 73.5 Å². The third-order valence-electron chi connectivity index (χ3n) is 3.44. The molecule has 1 aromatic carbocycles. The number of carbonyl (C=O) groups excluding carboxylic acids is 1. The van der Waals surface area contributed by atoms with Gasteiger partial charge in [-0.25, -0.2) is 17.9 Å². The molecule has 24 heavy (non-hydrogen) atoms. The number of carboxylic acids is 1. The second-order valence-electron chi connectivity index (χ2n) is 5.45. The largest absolute Gasteiger partial charge is 0.486 e. The Labute approximate surface area is 138 Å². The van der Waals surface area contributed by atoms with Gasteiger partial charge in [-0.15, -0.1) is 0 Å². The number of rotatable bonds is 6. The first-order valence-corrected chi connectivity index (χ1v) is 8.95. The Morgan fingerprint density at radius 3 is 2.71 bits per heavy atom. The molecule has 0 spiro atoms. The molecule has 10 heteroatoms. The SMILES string of the molecule is CS(=O)(=O)NCC(=O)N1C[C@@H](O)[C@H](Oc2cccc(C(=O)O)c2)C1. The summed E-state index contributed by atoms with van der Waals surface area (Å²) in [7, 11) is -3.48. The third kappa shape index (κ3) is 4.91. The van der Waals surface area contributed by atoms with Crippen molar-refractivity contribution >= 4 is 21.9 Å². The molecule has 2 atom stereocenters. The number of nitrogens with one attached hydrogen (secondary N) is 1. The molecular formula is C14H18N2O7S. The molecule has 9 nitrogen and oxygen atoms in total. The van der Waals surface area contributed by atoms with E-state index in [2.05, 4.69) is 4.72 Å². The molecule has 0 unspecified atom stereocenters. The number of aliphatic hydroxyl groups excluding tert-OH is 1. The number of carboxylic acid groups (broad SMARTS) is 1. The molecule has 1 aliphatic heterocycles. The van der Waals surface area contributed by atoms with E-state index in [9.17, 15) is 23.1 Å². The summed E-state index contributed by atoms with van der Waals surface area (Å²) < 4.78 is 29.7. The second-order valence-corrected chi connectivity index (χ2v) is 7.28. The van der Waals surface area contributed by atoms with Crippen LogP contribution in [0.1, 0.15) is 10.4 Å². The number of amides is 1. The van der Waals surface area contributed by atoms with Gasteiger partial charge in [-0.3, -0.25) is 4.79 Å². The Hall–Kier alpha value is -2.17. The van der Waals surface area contributed by atoms with E-state index in [1.54, 1.807) is 6.07 Å². The van der Waals surface area contributed by atoms with Crippen LogP contribution >= 0.6 is 0 Å². The number of nitrogens with zero attached hydrogens (tertiary/aromatic N) is 1. The number of ether oxygens (including phenoxy) is 1. The summed E-state index contributed by atoms with van der Waals surface area (Å²) >= 11 is 0. The number of aromatic carboxylic acids is 1. The van der Waals surface area contributed by atoms with E-state index in [0.717, 1.165) is 6.26 Å². The average molecular weight is 358 g/mol. The van der Waals surface area contributed by atoms with E-state index in [4.69, 9.17) is 9.84 Å². The topological polar surface area (TPSA) is 133 Å². The van der Waals surface area contributed by atoms with E-state index >= 15 is 0 Å². The zero-order valence-electron chi connectivity index (χ0n) is 12.9. The Morgan fingerprint density at radius 1 is 1.38 bits per heavy atom. The number of β-amino-alcohol motifs (C(OH)–C–C–N with tert-alkyl or cyclic N) is 1. The average Bonchev–Trinajstić information content (AvgIpc) is 2.85. The number of aliphatic hydroxyl groups is 1. The minimum Gasteiger partial charge on any atom is -0.486 e. The quantitative estimate of drug-likeness (QED) is 0.587. The van der Waals surface area contributed by atoms with Crippen LogP contribution in [0.2, 0.25) is 0 Å². The Bertz CT molecular complexity index is 734. The molecule has 2 rings (SSSR count). The van der Waals surface area contributed by atoms with Crippen LogP contribution in [0.3, 0.4) is 0 Å². The summed E-state index contributed by atoms with van der Waals surface area (Å²) in [5.74, 6) is -1.32. The normalized spacial score (nSPS) is 20.8. The first kappa shape index (κ1) is 18.2. The van der Waals surface area contributed by atoms with E-state index in [1.807, 2.05) is 0 Å². The first-order valence-electron chi connectivity index (χ1n) is 7.06. The van der Waals surface area contributed by atoms with Gasteiger partial charge in [0.05, 0.1) is 31.5 Å². The molecule has 0 saturated carbocycles. The van der Waals surface area contributed by atoms with Crippen molar-refractivity contribution in [3.63, 3.8) is 0 Å². The summed E-state index contributed by atoms with van der Waals surface area (Å²) in [5.41, 5.74) is 0.0465. The van der Waals surface area contributed by atoms with Gasteiger partial charge < -0.3 is 19.8 Å². The van der Waals surface area contributed by atoms with E-state index < -0.39 is 40.7 Å². The summed E-state index contributed by atoms with van der Waals surface area (Å²) in [6.07, 6.45) is -0.739. The number of likely N-dealkylation sites (tertiary alicyclic amines) is 1. The number of benzene rings is 1. The van der Waals surface area contributed by atoms with Gasteiger partial charge in [-0.05, 0) is 18.2 Å². The minimum absolute atomic E-state index is 0.00750. The molecule has 0 bridgehead atoms. The zero-order chi connectivity index (χ0) is 17.9. The first-order chi connectivity index (χ1) is 11.2. The van der Waals surface area contributed by atoms with E-state index in [-0.39, 0.29) is 24.4 Å². The lowest BCUT2D eigenvalue weighted by Crippen LogP contribution is -2.39. The maximum atomic E-state index is 11.9. The molecule has 1 saturated heterocycles. The standard InChI is InChI=1S/C14H18N2O7S/c1-24(21,22)15-6-13(18)16-7-11(17)12(8-16)23-10-4-2-3-9(5-10)14(19)20/h2-5,11-12,15,17H,6-8H2,1H3,(H,19,20)/t11-,12-/m1/s1. The summed E-state index contributed by atoms with van der Waals surface area (Å²) in [5, 5.41) is 19.0. The number of sulfonamides is 1. The molecule has 1 aromatic rings. The fourth-order valence-corrected chi connectivity index (χ4v) is 2.64. The molecule has 1 fully saturated rings. The van der Waals surface area contributed by atoms with Gasteiger partial charge in [-0.1, -0.05) is 6.07 Å². The van der Waals surface area contributed by atoms with Crippen LogP contribution in [-0.2, 0) is 14.8 Å². The Morgan fingerprint density at radius 2 is 2.08 bits per heavy atom.